The van der Waals surface area contributed by atoms with Crippen molar-refractivity contribution >= 4 is 33.1 Å². The smallest absolute Gasteiger partial charge is 0.232 e. The molecule has 11 heteroatoms. The Labute approximate surface area is 212 Å². The molecule has 0 bridgehead atoms. The molecule has 10 nitrogen and oxygen atoms in total. The number of hydrogen-bond acceptors (Lipinski definition) is 10. The maximum Gasteiger partial charge on any atom is 0.232 e. The first kappa shape index (κ1) is 25.6. The van der Waals surface area contributed by atoms with Crippen molar-refractivity contribution in [2.75, 3.05) is 37.9 Å². The Hall–Kier alpha value is -3.44. The first-order valence-corrected chi connectivity index (χ1v) is 13.4. The fraction of sp³-hybridized carbons (Fsp3) is 0.400. The largest absolute Gasteiger partial charge is 0.494 e. The molecule has 0 amide bonds. The summed E-state index contributed by atoms with van der Waals surface area (Å²) in [6.45, 7) is 5.33. The van der Waals surface area contributed by atoms with Crippen molar-refractivity contribution in [1.82, 2.24) is 19.9 Å². The molecule has 0 atom stereocenters. The summed E-state index contributed by atoms with van der Waals surface area (Å²) < 4.78 is 37.2. The summed E-state index contributed by atoms with van der Waals surface area (Å²) in [5.74, 6) is 1.82. The molecule has 0 spiro atoms. The number of benzene rings is 2. The lowest BCUT2D eigenvalue weighted by Crippen LogP contribution is -2.35. The molecular formula is C25H32N6O4S. The van der Waals surface area contributed by atoms with E-state index < -0.39 is 15.1 Å². The average Bonchev–Trinajstić information content (AvgIpc) is 2.86. The highest BCUT2D eigenvalue weighted by molar-refractivity contribution is 7.92. The molecule has 1 aromatic heterocycles. The molecule has 0 aliphatic carbocycles. The lowest BCUT2D eigenvalue weighted by atomic mass is 10.1. The van der Waals surface area contributed by atoms with E-state index in [1.54, 1.807) is 45.2 Å². The van der Waals surface area contributed by atoms with E-state index in [-0.39, 0.29) is 22.9 Å². The van der Waals surface area contributed by atoms with Crippen LogP contribution in [0.2, 0.25) is 0 Å². The fourth-order valence-corrected chi connectivity index (χ4v) is 5.07. The number of rotatable bonds is 9. The van der Waals surface area contributed by atoms with E-state index in [2.05, 4.69) is 37.5 Å². The lowest BCUT2D eigenvalue weighted by molar-refractivity contribution is 0.114. The molecule has 1 fully saturated rings. The molecule has 2 N–H and O–H groups in total. The van der Waals surface area contributed by atoms with E-state index in [4.69, 9.17) is 9.47 Å². The summed E-state index contributed by atoms with van der Waals surface area (Å²) >= 11 is 0. The summed E-state index contributed by atoms with van der Waals surface area (Å²) in [5, 5.41) is 5.59. The van der Waals surface area contributed by atoms with Crippen LogP contribution in [0.15, 0.2) is 53.7 Å². The van der Waals surface area contributed by atoms with Gasteiger partial charge in [0.05, 0.1) is 28.6 Å². The summed E-state index contributed by atoms with van der Waals surface area (Å²) in [7, 11) is 0.216. The molecule has 0 radical (unpaired) electrons. The highest BCUT2D eigenvalue weighted by atomic mass is 32.2. The minimum absolute atomic E-state index is 0.185. The summed E-state index contributed by atoms with van der Waals surface area (Å²) in [4.78, 5) is 15.2. The van der Waals surface area contributed by atoms with Crippen molar-refractivity contribution in [3.05, 3.63) is 48.8 Å². The van der Waals surface area contributed by atoms with Gasteiger partial charge in [-0.15, -0.1) is 0 Å². The van der Waals surface area contributed by atoms with Crippen molar-refractivity contribution in [1.29, 1.82) is 0 Å². The Bertz CT molecular complexity index is 1290. The van der Waals surface area contributed by atoms with E-state index in [9.17, 15) is 8.42 Å². The van der Waals surface area contributed by atoms with Gasteiger partial charge in [0.25, 0.3) is 0 Å². The van der Waals surface area contributed by atoms with Gasteiger partial charge in [-0.1, -0.05) is 12.1 Å². The van der Waals surface area contributed by atoms with Crippen LogP contribution in [0.1, 0.15) is 26.7 Å². The van der Waals surface area contributed by atoms with E-state index >= 15 is 0 Å². The summed E-state index contributed by atoms with van der Waals surface area (Å²) in [5.41, 5.74) is 1.06. The highest BCUT2D eigenvalue weighted by Crippen LogP contribution is 2.32. The molecule has 0 saturated carbocycles. The van der Waals surface area contributed by atoms with Crippen LogP contribution in [0.4, 0.5) is 23.3 Å². The van der Waals surface area contributed by atoms with Crippen molar-refractivity contribution in [3.63, 3.8) is 0 Å². The van der Waals surface area contributed by atoms with Crippen LogP contribution in [-0.4, -0.2) is 66.9 Å². The van der Waals surface area contributed by atoms with E-state index in [0.29, 0.717) is 17.1 Å². The van der Waals surface area contributed by atoms with Crippen LogP contribution in [0.5, 0.6) is 11.5 Å². The van der Waals surface area contributed by atoms with Gasteiger partial charge < -0.3 is 25.0 Å². The topological polar surface area (TPSA) is 119 Å². The normalized spacial score (nSPS) is 15.0. The number of nitrogens with zero attached hydrogens (tertiary/aromatic N) is 4. The van der Waals surface area contributed by atoms with Gasteiger partial charge in [0.1, 0.15) is 23.9 Å². The standard InChI is InChI=1S/C25H32N6O4S/c1-17(2)36(32,33)23-8-6-5-7-21(23)29-25-27-16-26-24(30-25)28-20-10-9-19(15-22(20)34-4)35-18-11-13-31(3)14-12-18/h5-10,15-18H,11-14H2,1-4H3,(H2,26,27,28,29,30). The van der Waals surface area contributed by atoms with Crippen molar-refractivity contribution in [2.24, 2.45) is 0 Å². The second kappa shape index (κ2) is 11.1. The third kappa shape index (κ3) is 6.03. The third-order valence-electron chi connectivity index (χ3n) is 6.02. The first-order valence-electron chi connectivity index (χ1n) is 11.9. The number of aromatic nitrogens is 3. The lowest BCUT2D eigenvalue weighted by Gasteiger charge is -2.29. The Kier molecular flexibility index (Phi) is 7.90. The number of hydrogen-bond donors (Lipinski definition) is 2. The molecule has 4 rings (SSSR count). The van der Waals surface area contributed by atoms with Crippen LogP contribution in [-0.2, 0) is 9.84 Å². The summed E-state index contributed by atoms with van der Waals surface area (Å²) in [6.07, 6.45) is 3.51. The third-order valence-corrected chi connectivity index (χ3v) is 8.23. The zero-order valence-corrected chi connectivity index (χ0v) is 21.7. The van der Waals surface area contributed by atoms with Crippen LogP contribution >= 0.6 is 0 Å². The van der Waals surface area contributed by atoms with Gasteiger partial charge in [0, 0.05) is 19.2 Å². The number of sulfone groups is 1. The number of anilines is 4. The minimum Gasteiger partial charge on any atom is -0.494 e. The Morgan fingerprint density at radius 2 is 1.67 bits per heavy atom. The van der Waals surface area contributed by atoms with Gasteiger partial charge in [-0.3, -0.25) is 0 Å². The molecule has 2 aromatic carbocycles. The predicted molar refractivity (Wildman–Crippen MR) is 139 cm³/mol. The molecule has 1 aliphatic heterocycles. The zero-order chi connectivity index (χ0) is 25.7. The zero-order valence-electron chi connectivity index (χ0n) is 20.9. The van der Waals surface area contributed by atoms with Crippen molar-refractivity contribution in [2.45, 2.75) is 42.9 Å². The van der Waals surface area contributed by atoms with Crippen LogP contribution < -0.4 is 20.1 Å². The molecule has 1 aliphatic rings. The first-order chi connectivity index (χ1) is 17.3. The highest BCUT2D eigenvalue weighted by Gasteiger charge is 2.23. The van der Waals surface area contributed by atoms with E-state index in [0.717, 1.165) is 31.7 Å². The SMILES string of the molecule is COc1cc(OC2CCN(C)CC2)ccc1Nc1ncnc(Nc2ccccc2S(=O)(=O)C(C)C)n1. The van der Waals surface area contributed by atoms with E-state index in [1.165, 1.54) is 6.33 Å². The quantitative estimate of drug-likeness (QED) is 0.435. The van der Waals surface area contributed by atoms with Crippen LogP contribution in [0.25, 0.3) is 0 Å². The Morgan fingerprint density at radius 1 is 1.00 bits per heavy atom. The predicted octanol–water partition coefficient (Wildman–Crippen LogP) is 4.02. The molecule has 36 heavy (non-hydrogen) atoms. The Morgan fingerprint density at radius 3 is 2.33 bits per heavy atom. The fourth-order valence-electron chi connectivity index (χ4n) is 3.87. The Balaban J connectivity index is 1.50. The monoisotopic (exact) mass is 512 g/mol. The van der Waals surface area contributed by atoms with Crippen molar-refractivity contribution in [3.8, 4) is 11.5 Å². The molecule has 1 saturated heterocycles. The summed E-state index contributed by atoms with van der Waals surface area (Å²) in [6, 6.07) is 12.3. The number of piperidine rings is 1. The second-order valence-corrected chi connectivity index (χ2v) is 11.4. The van der Waals surface area contributed by atoms with Gasteiger partial charge in [0.15, 0.2) is 9.84 Å². The molecule has 192 valence electrons. The van der Waals surface area contributed by atoms with Gasteiger partial charge in [-0.25, -0.2) is 18.4 Å². The van der Waals surface area contributed by atoms with Gasteiger partial charge in [-0.05, 0) is 58.0 Å². The van der Waals surface area contributed by atoms with Crippen LogP contribution in [0, 0.1) is 0 Å². The number of methoxy groups -OCH3 is 1. The number of ether oxygens (including phenoxy) is 2. The number of nitrogens with one attached hydrogen (secondary N) is 2. The number of para-hydroxylation sites is 1. The van der Waals surface area contributed by atoms with Gasteiger partial charge >= 0.3 is 0 Å². The molecular weight excluding hydrogens is 480 g/mol. The van der Waals surface area contributed by atoms with Gasteiger partial charge in [-0.2, -0.15) is 4.98 Å². The van der Waals surface area contributed by atoms with Crippen LogP contribution in [0.3, 0.4) is 0 Å². The van der Waals surface area contributed by atoms with Gasteiger partial charge in [0.2, 0.25) is 11.9 Å². The second-order valence-electron chi connectivity index (χ2n) is 8.96. The number of likely N-dealkylation sites (tertiary alicyclic amines) is 1. The average molecular weight is 513 g/mol. The minimum atomic E-state index is -3.49. The maximum atomic E-state index is 12.8. The van der Waals surface area contributed by atoms with E-state index in [1.807, 2.05) is 18.2 Å². The van der Waals surface area contributed by atoms with Crippen molar-refractivity contribution < 1.29 is 17.9 Å². The molecule has 2 heterocycles. The molecule has 3 aromatic rings. The molecule has 0 unspecified atom stereocenters. The maximum absolute atomic E-state index is 12.8.